The molecule has 0 aliphatic carbocycles. The number of piperazine rings is 1. The second kappa shape index (κ2) is 10.2. The number of ether oxygens (including phenoxy) is 1. The molecule has 1 amide bonds. The van der Waals surface area contributed by atoms with Crippen molar-refractivity contribution in [3.63, 3.8) is 0 Å². The zero-order valence-corrected chi connectivity index (χ0v) is 19.5. The van der Waals surface area contributed by atoms with E-state index in [1.54, 1.807) is 11.0 Å². The third kappa shape index (κ3) is 5.42. The Bertz CT molecular complexity index is 873. The van der Waals surface area contributed by atoms with Crippen LogP contribution in [0.1, 0.15) is 48.9 Å². The quantitative estimate of drug-likeness (QED) is 0.663. The van der Waals surface area contributed by atoms with Crippen molar-refractivity contribution in [1.82, 2.24) is 14.1 Å². The lowest BCUT2D eigenvalue weighted by atomic mass is 10.1. The van der Waals surface area contributed by atoms with Gasteiger partial charge in [-0.05, 0) is 43.9 Å². The highest BCUT2D eigenvalue weighted by molar-refractivity contribution is 7.89. The first-order chi connectivity index (χ1) is 14.9. The van der Waals surface area contributed by atoms with Crippen LogP contribution in [0, 0.1) is 0 Å². The Morgan fingerprint density at radius 3 is 2.35 bits per heavy atom. The summed E-state index contributed by atoms with van der Waals surface area (Å²) in [6.45, 7) is 5.64. The number of nitrogens with zero attached hydrogens (tertiary/aromatic N) is 3. The number of hydrogen-bond donors (Lipinski definition) is 0. The Kier molecular flexibility index (Phi) is 7.54. The molecule has 1 aromatic rings. The van der Waals surface area contributed by atoms with E-state index in [-0.39, 0.29) is 15.8 Å². The zero-order chi connectivity index (χ0) is 21.8. The van der Waals surface area contributed by atoms with Crippen LogP contribution in [-0.2, 0) is 14.8 Å². The topological polar surface area (TPSA) is 70.2 Å². The maximum Gasteiger partial charge on any atom is 0.253 e. The molecule has 3 aliphatic heterocycles. The summed E-state index contributed by atoms with van der Waals surface area (Å²) in [5, 5.41) is 0.169. The van der Waals surface area contributed by atoms with Crippen LogP contribution < -0.4 is 0 Å². The number of amides is 1. The van der Waals surface area contributed by atoms with E-state index in [1.807, 2.05) is 0 Å². The van der Waals surface area contributed by atoms with Gasteiger partial charge in [0.05, 0.1) is 11.1 Å². The van der Waals surface area contributed by atoms with E-state index in [1.165, 1.54) is 16.4 Å². The van der Waals surface area contributed by atoms with E-state index in [2.05, 4.69) is 4.90 Å². The highest BCUT2D eigenvalue weighted by Gasteiger charge is 2.30. The van der Waals surface area contributed by atoms with Gasteiger partial charge in [0.2, 0.25) is 10.0 Å². The van der Waals surface area contributed by atoms with Crippen LogP contribution in [0.5, 0.6) is 0 Å². The summed E-state index contributed by atoms with van der Waals surface area (Å²) in [5.74, 6) is -0.138. The van der Waals surface area contributed by atoms with Crippen LogP contribution in [0.2, 0.25) is 5.02 Å². The molecule has 0 N–H and O–H groups in total. The summed E-state index contributed by atoms with van der Waals surface area (Å²) < 4.78 is 33.7. The molecular formula is C22H32ClN3O4S. The molecule has 3 fully saturated rings. The molecule has 31 heavy (non-hydrogen) atoms. The van der Waals surface area contributed by atoms with E-state index in [9.17, 15) is 13.2 Å². The lowest BCUT2D eigenvalue weighted by molar-refractivity contribution is 0.0432. The van der Waals surface area contributed by atoms with Gasteiger partial charge in [0, 0.05) is 58.0 Å². The second-order valence-electron chi connectivity index (χ2n) is 8.69. The summed E-state index contributed by atoms with van der Waals surface area (Å²) in [6.07, 6.45) is 6.33. The van der Waals surface area contributed by atoms with Crippen molar-refractivity contribution in [3.05, 3.63) is 28.8 Å². The van der Waals surface area contributed by atoms with Gasteiger partial charge in [-0.3, -0.25) is 9.69 Å². The minimum absolute atomic E-state index is 0.0407. The maximum absolute atomic E-state index is 13.2. The summed E-state index contributed by atoms with van der Waals surface area (Å²) in [7, 11) is -3.72. The molecule has 1 unspecified atom stereocenters. The summed E-state index contributed by atoms with van der Waals surface area (Å²) >= 11 is 6.28. The number of hydrogen-bond acceptors (Lipinski definition) is 5. The normalized spacial score (nSPS) is 24.3. The lowest BCUT2D eigenvalue weighted by Crippen LogP contribution is -2.50. The predicted molar refractivity (Wildman–Crippen MR) is 120 cm³/mol. The SMILES string of the molecule is O=C(c1ccc(Cl)c(S(=O)(=O)N2CCCCCC2)c1)N1CCN(CC2CCCO2)CC1. The smallest absolute Gasteiger partial charge is 0.253 e. The van der Waals surface area contributed by atoms with Gasteiger partial charge < -0.3 is 9.64 Å². The van der Waals surface area contributed by atoms with Crippen molar-refractivity contribution in [2.45, 2.75) is 49.5 Å². The summed E-state index contributed by atoms with van der Waals surface area (Å²) in [5.41, 5.74) is 0.380. The fraction of sp³-hybridized carbons (Fsp3) is 0.682. The van der Waals surface area contributed by atoms with Gasteiger partial charge in [-0.1, -0.05) is 24.4 Å². The van der Waals surface area contributed by atoms with Gasteiger partial charge in [0.15, 0.2) is 0 Å². The van der Waals surface area contributed by atoms with Gasteiger partial charge in [-0.15, -0.1) is 0 Å². The van der Waals surface area contributed by atoms with Crippen molar-refractivity contribution < 1.29 is 17.9 Å². The minimum atomic E-state index is -3.72. The Hall–Kier alpha value is -1.19. The number of carbonyl (C=O) groups is 1. The van der Waals surface area contributed by atoms with E-state index in [4.69, 9.17) is 16.3 Å². The van der Waals surface area contributed by atoms with Gasteiger partial charge >= 0.3 is 0 Å². The van der Waals surface area contributed by atoms with Crippen LogP contribution in [0.15, 0.2) is 23.1 Å². The van der Waals surface area contributed by atoms with Crippen LogP contribution in [0.3, 0.4) is 0 Å². The van der Waals surface area contributed by atoms with Crippen molar-refractivity contribution >= 4 is 27.5 Å². The van der Waals surface area contributed by atoms with E-state index < -0.39 is 10.0 Å². The zero-order valence-electron chi connectivity index (χ0n) is 18.0. The third-order valence-corrected chi connectivity index (χ3v) is 8.89. The average Bonchev–Trinajstić information content (AvgIpc) is 3.12. The van der Waals surface area contributed by atoms with E-state index in [0.29, 0.717) is 37.8 Å². The Morgan fingerprint density at radius 2 is 1.71 bits per heavy atom. The van der Waals surface area contributed by atoms with Gasteiger partial charge in [-0.25, -0.2) is 8.42 Å². The predicted octanol–water partition coefficient (Wildman–Crippen LogP) is 2.84. The van der Waals surface area contributed by atoms with E-state index >= 15 is 0 Å². The number of benzene rings is 1. The molecule has 3 aliphatic rings. The number of halogens is 1. The fourth-order valence-corrected chi connectivity index (χ4v) is 6.67. The second-order valence-corrected chi connectivity index (χ2v) is 11.0. The van der Waals surface area contributed by atoms with Gasteiger partial charge in [0.25, 0.3) is 5.91 Å². The maximum atomic E-state index is 13.2. The lowest BCUT2D eigenvalue weighted by Gasteiger charge is -2.35. The average molecular weight is 470 g/mol. The molecule has 3 saturated heterocycles. The molecule has 172 valence electrons. The van der Waals surface area contributed by atoms with Crippen molar-refractivity contribution in [3.8, 4) is 0 Å². The van der Waals surface area contributed by atoms with Crippen LogP contribution >= 0.6 is 11.6 Å². The fourth-order valence-electron chi connectivity index (χ4n) is 4.65. The molecule has 0 radical (unpaired) electrons. The third-order valence-electron chi connectivity index (χ3n) is 6.51. The molecule has 0 spiro atoms. The summed E-state index contributed by atoms with van der Waals surface area (Å²) in [4.78, 5) is 17.3. The van der Waals surface area contributed by atoms with Crippen LogP contribution in [-0.4, -0.2) is 87.0 Å². The molecule has 1 atom stereocenters. The highest BCUT2D eigenvalue weighted by Crippen LogP contribution is 2.28. The largest absolute Gasteiger partial charge is 0.377 e. The minimum Gasteiger partial charge on any atom is -0.377 e. The molecule has 0 aromatic heterocycles. The van der Waals surface area contributed by atoms with Crippen LogP contribution in [0.25, 0.3) is 0 Å². The monoisotopic (exact) mass is 469 g/mol. The molecule has 0 saturated carbocycles. The highest BCUT2D eigenvalue weighted by atomic mass is 35.5. The molecule has 9 heteroatoms. The van der Waals surface area contributed by atoms with Crippen molar-refractivity contribution in [2.75, 3.05) is 52.4 Å². The Balaban J connectivity index is 1.43. The molecule has 0 bridgehead atoms. The van der Waals surface area contributed by atoms with Crippen molar-refractivity contribution in [1.29, 1.82) is 0 Å². The Labute approximate surface area is 190 Å². The molecule has 4 rings (SSSR count). The molecular weight excluding hydrogens is 438 g/mol. The van der Waals surface area contributed by atoms with Gasteiger partial charge in [0.1, 0.15) is 4.90 Å². The van der Waals surface area contributed by atoms with Gasteiger partial charge in [-0.2, -0.15) is 4.31 Å². The standard InChI is InChI=1S/C22H32ClN3O4S/c23-20-8-7-18(16-21(20)31(28,29)26-9-3-1-2-4-10-26)22(27)25-13-11-24(12-14-25)17-19-6-5-15-30-19/h7-8,16,19H,1-6,9-15,17H2. The summed E-state index contributed by atoms with van der Waals surface area (Å²) in [6, 6.07) is 4.63. The van der Waals surface area contributed by atoms with Crippen LogP contribution in [0.4, 0.5) is 0 Å². The van der Waals surface area contributed by atoms with E-state index in [0.717, 1.165) is 64.8 Å². The first kappa shape index (κ1) is 23.0. The number of sulfonamides is 1. The van der Waals surface area contributed by atoms with Crippen molar-refractivity contribution in [2.24, 2.45) is 0 Å². The number of carbonyl (C=O) groups excluding carboxylic acids is 1. The molecule has 7 nitrogen and oxygen atoms in total. The Morgan fingerprint density at radius 1 is 1.00 bits per heavy atom. The number of rotatable bonds is 5. The molecule has 3 heterocycles. The molecule has 1 aromatic carbocycles. The first-order valence-electron chi connectivity index (χ1n) is 11.4. The first-order valence-corrected chi connectivity index (χ1v) is 13.2.